The number of carbonyl (C=O) groups excluding carboxylic acids is 1. The van der Waals surface area contributed by atoms with Crippen molar-refractivity contribution < 1.29 is 114 Å². The summed E-state index contributed by atoms with van der Waals surface area (Å²) in [4.78, 5) is 52.0. The number of nitrogens with one attached hydrogen (secondary N) is 3. The summed E-state index contributed by atoms with van der Waals surface area (Å²) in [5.41, 5.74) is 3.36. The van der Waals surface area contributed by atoms with E-state index in [0.717, 1.165) is 0 Å². The number of carbonyl (C=O) groups is 1. The summed E-state index contributed by atoms with van der Waals surface area (Å²) in [5, 5.41) is 5.36. The van der Waals surface area contributed by atoms with Crippen molar-refractivity contribution >= 4 is 50.2 Å². The van der Waals surface area contributed by atoms with E-state index >= 15 is 0 Å². The number of H-pyrrole nitrogens is 2. The Morgan fingerprint density at radius 1 is 0.308 bits per heavy atom. The van der Waals surface area contributed by atoms with Crippen molar-refractivity contribution in [2.45, 2.75) is 86.2 Å². The number of nitrogens with zero attached hydrogens (tertiary/aromatic N) is 6. The maximum absolute atomic E-state index is 12.7. The first kappa shape index (κ1) is 92.9. The number of amides is 1. The van der Waals surface area contributed by atoms with Gasteiger partial charge in [0.25, 0.3) is 0 Å². The first-order valence-corrected chi connectivity index (χ1v) is 40.7. The molecule has 0 atom stereocenters. The van der Waals surface area contributed by atoms with Gasteiger partial charge in [-0.2, -0.15) is 0 Å². The van der Waals surface area contributed by atoms with Crippen LogP contribution < -0.4 is 24.3 Å². The highest BCUT2D eigenvalue weighted by Gasteiger charge is 2.27. The van der Waals surface area contributed by atoms with E-state index in [4.69, 9.17) is 139 Å². The Kier molecular flexibility index (Phi) is 42.5. The highest BCUT2D eigenvalue weighted by molar-refractivity contribution is 6.07. The predicted molar refractivity (Wildman–Crippen MR) is 438 cm³/mol. The van der Waals surface area contributed by atoms with Gasteiger partial charge < -0.3 is 124 Å². The average molecular weight is 1640 g/mol. The van der Waals surface area contributed by atoms with Gasteiger partial charge in [0.1, 0.15) is 76.1 Å². The number of benzene rings is 4. The molecule has 7 aromatic rings. The monoisotopic (exact) mass is 1640 g/mol. The minimum atomic E-state index is -0.685. The van der Waals surface area contributed by atoms with Gasteiger partial charge in [-0.1, -0.05) is 0 Å². The Balaban J connectivity index is 1.16. The molecule has 117 heavy (non-hydrogen) atoms. The topological polar surface area (TPSA) is 350 Å². The second-order valence-corrected chi connectivity index (χ2v) is 27.2. The van der Waals surface area contributed by atoms with E-state index in [1.807, 2.05) is 114 Å². The van der Waals surface area contributed by atoms with Gasteiger partial charge in [0, 0.05) is 83.4 Å². The third-order valence-electron chi connectivity index (χ3n) is 17.2. The minimum absolute atomic E-state index is 0.117. The fourth-order valence-electron chi connectivity index (χ4n) is 11.8. The molecule has 2 aliphatic rings. The van der Waals surface area contributed by atoms with Crippen LogP contribution in [0.1, 0.15) is 62.3 Å². The van der Waals surface area contributed by atoms with Crippen LogP contribution in [0.4, 0.5) is 4.79 Å². The Morgan fingerprint density at radius 3 is 0.889 bits per heavy atom. The van der Waals surface area contributed by atoms with Crippen molar-refractivity contribution in [3.8, 4) is 68.5 Å². The van der Waals surface area contributed by atoms with Crippen LogP contribution in [-0.2, 0) is 90.0 Å². The molecular formula is C84H121N9O24. The maximum Gasteiger partial charge on any atom is 0.407 e. The lowest BCUT2D eigenvalue weighted by Crippen LogP contribution is -2.34. The maximum atomic E-state index is 12.7. The number of fused-ring (bicyclic) bond motifs is 20. The Labute approximate surface area is 684 Å². The summed E-state index contributed by atoms with van der Waals surface area (Å²) in [6, 6.07) is 22.6. The smallest absolute Gasteiger partial charge is 0.407 e. The molecule has 3 aromatic heterocycles. The van der Waals surface area contributed by atoms with Gasteiger partial charge in [-0.15, -0.1) is 0 Å². The molecule has 0 aliphatic carbocycles. The van der Waals surface area contributed by atoms with Gasteiger partial charge in [0.15, 0.2) is 23.3 Å². The highest BCUT2D eigenvalue weighted by Crippen LogP contribution is 2.41. The zero-order valence-corrected chi connectivity index (χ0v) is 69.5. The number of rotatable bonds is 64. The SMILES string of the molecule is CCOCCOCCOCC(COCCOCCOCC)Oc1ccc2c(c1)-c1nc-2nc2[nH]c(nc3nc(nc4[nH]c(n1)c1ccc(OC(COCCOCCOCC)COCCOCCOCC)cc41)-c1ccc(OCCNC(=O)OC(C)(C)C)cc1-3)c1ccc(OC(COCCOCCOCC)COCCOCCOCC)cc21. The summed E-state index contributed by atoms with van der Waals surface area (Å²) in [6.07, 6.45) is -2.30. The summed E-state index contributed by atoms with van der Waals surface area (Å²) in [6.45, 7) is 31.6. The van der Waals surface area contributed by atoms with Gasteiger partial charge in [0.2, 0.25) is 0 Å². The van der Waals surface area contributed by atoms with E-state index in [1.165, 1.54) is 0 Å². The molecule has 8 bridgehead atoms. The molecule has 1 amide bonds. The van der Waals surface area contributed by atoms with Crippen LogP contribution in [0.3, 0.4) is 0 Å². The van der Waals surface area contributed by atoms with Crippen LogP contribution in [-0.4, -0.2) is 321 Å². The van der Waals surface area contributed by atoms with Gasteiger partial charge >= 0.3 is 6.09 Å². The van der Waals surface area contributed by atoms with Gasteiger partial charge in [0.05, 0.1) is 205 Å². The molecule has 0 saturated heterocycles. The molecule has 0 radical (unpaired) electrons. The van der Waals surface area contributed by atoms with Gasteiger partial charge in [-0.25, -0.2) is 34.7 Å². The predicted octanol–water partition coefficient (Wildman–Crippen LogP) is 10.4. The molecule has 646 valence electrons. The molecule has 9 rings (SSSR count). The highest BCUT2D eigenvalue weighted by atomic mass is 16.6. The lowest BCUT2D eigenvalue weighted by atomic mass is 10.1. The zero-order chi connectivity index (χ0) is 82.3. The second kappa shape index (κ2) is 53.5. The van der Waals surface area contributed by atoms with Crippen LogP contribution in [0.5, 0.6) is 23.0 Å². The van der Waals surface area contributed by atoms with Crippen molar-refractivity contribution in [2.75, 3.05) is 251 Å². The van der Waals surface area contributed by atoms with E-state index < -0.39 is 30.0 Å². The molecule has 3 N–H and O–H groups in total. The van der Waals surface area contributed by atoms with Crippen molar-refractivity contribution in [2.24, 2.45) is 0 Å². The van der Waals surface area contributed by atoms with Crippen molar-refractivity contribution in [3.05, 3.63) is 72.8 Å². The molecule has 0 spiro atoms. The Morgan fingerprint density at radius 2 is 0.573 bits per heavy atom. The molecule has 4 aromatic carbocycles. The molecule has 33 nitrogen and oxygen atoms in total. The first-order valence-electron chi connectivity index (χ1n) is 40.7. The number of hydrogen-bond acceptors (Lipinski definition) is 30. The molecule has 0 unspecified atom stereocenters. The average Bonchev–Trinajstić information content (AvgIpc) is 1.60. The molecule has 0 saturated carbocycles. The second-order valence-electron chi connectivity index (χ2n) is 27.2. The molecule has 33 heteroatoms. The third kappa shape index (κ3) is 32.9. The van der Waals surface area contributed by atoms with Gasteiger partial charge in [-0.05, 0) is 135 Å². The normalized spacial score (nSPS) is 12.1. The van der Waals surface area contributed by atoms with E-state index in [9.17, 15) is 4.79 Å². The van der Waals surface area contributed by atoms with Crippen LogP contribution in [0.25, 0.3) is 89.7 Å². The summed E-state index contributed by atoms with van der Waals surface area (Å²) < 4.78 is 137. The fourth-order valence-corrected chi connectivity index (χ4v) is 11.8. The largest absolute Gasteiger partial charge is 0.492 e. The minimum Gasteiger partial charge on any atom is -0.492 e. The summed E-state index contributed by atoms with van der Waals surface area (Å²) in [5.74, 6) is 3.16. The first-order chi connectivity index (χ1) is 57.4. The quantitative estimate of drug-likeness (QED) is 0.0298. The van der Waals surface area contributed by atoms with E-state index in [2.05, 4.69) is 15.3 Å². The summed E-state index contributed by atoms with van der Waals surface area (Å²) >= 11 is 0. The molecular weight excluding hydrogens is 1520 g/mol. The van der Waals surface area contributed by atoms with E-state index in [-0.39, 0.29) is 52.8 Å². The number of aromatic amines is 2. The number of alkyl carbamates (subject to hydrolysis) is 1. The number of aromatic nitrogens is 8. The standard InChI is InChI=1S/C84H121N9O24/c1-10-95-26-32-101-38-44-107-54-64(55-108-45-39-102-33-27-96-11-2)114-61-17-21-68-72(51-61)81-89-76(68)87-79-71-50-60(113-25-24-85-83(94)117-84(7,8)9)16-20-67(71)75(86-79)88-80-73-52-62(115-65(56-109-46-40-103-34-28-97-12-3)57-110-47-41-104-35-29-98-13-4)18-22-69(73)77(90-80)92-82-74-53-63(19-23-70(74)78(91-81)93-82)116-66(58-111-48-42-105-36-30-99-14-5)59-112-49-43-106-37-31-100-15-6/h16-23,50-53,64-66H,10-15,24-49,54-59H2,1-9H3,(H,85,94)(H2,86,87,88,89,90,91,92,93). The van der Waals surface area contributed by atoms with Crippen molar-refractivity contribution in [1.29, 1.82) is 0 Å². The Bertz CT molecular complexity index is 4060. The zero-order valence-electron chi connectivity index (χ0n) is 69.5. The van der Waals surface area contributed by atoms with E-state index in [1.54, 1.807) is 20.8 Å². The summed E-state index contributed by atoms with van der Waals surface area (Å²) in [7, 11) is 0. The van der Waals surface area contributed by atoms with Crippen LogP contribution >= 0.6 is 0 Å². The molecule has 0 fully saturated rings. The lowest BCUT2D eigenvalue weighted by Gasteiger charge is -2.20. The number of ether oxygens (including phenoxy) is 23. The lowest BCUT2D eigenvalue weighted by molar-refractivity contribution is -0.0384. The van der Waals surface area contributed by atoms with Crippen molar-refractivity contribution in [1.82, 2.24) is 45.2 Å². The van der Waals surface area contributed by atoms with Crippen molar-refractivity contribution in [3.63, 3.8) is 0 Å². The van der Waals surface area contributed by atoms with E-state index in [0.29, 0.717) is 311 Å². The fraction of sp³-hybridized carbons (Fsp3) is 0.607. The molecule has 5 heterocycles. The Hall–Kier alpha value is -8.01. The number of hydrogen-bond donors (Lipinski definition) is 3. The van der Waals surface area contributed by atoms with Crippen LogP contribution in [0, 0.1) is 0 Å². The van der Waals surface area contributed by atoms with Crippen LogP contribution in [0.15, 0.2) is 72.8 Å². The molecule has 2 aliphatic heterocycles. The van der Waals surface area contributed by atoms with Gasteiger partial charge in [-0.3, -0.25) is 0 Å². The third-order valence-corrected chi connectivity index (χ3v) is 17.2. The van der Waals surface area contributed by atoms with Crippen LogP contribution in [0.2, 0.25) is 0 Å².